The molecule has 0 aliphatic rings. The first-order valence-electron chi connectivity index (χ1n) is 5.85. The summed E-state index contributed by atoms with van der Waals surface area (Å²) in [5.74, 6) is -0.614. The molecule has 0 heterocycles. The minimum Gasteiger partial charge on any atom is -0.320 e. The maximum absolute atomic E-state index is 14.2. The molecule has 0 aromatic heterocycles. The Morgan fingerprint density at radius 3 is 1.76 bits per heavy atom. The van der Waals surface area contributed by atoms with Gasteiger partial charge in [0.2, 0.25) is 0 Å². The Balaban J connectivity index is 3.88. The van der Waals surface area contributed by atoms with E-state index in [1.807, 2.05) is 0 Å². The van der Waals surface area contributed by atoms with E-state index in [1.54, 1.807) is 6.07 Å². The SMILES string of the molecule is COP(=O)(OC)C(c1ccccc1F)=P(OC)(OC)OC. The van der Waals surface area contributed by atoms with Gasteiger partial charge in [0.25, 0.3) is 7.57 Å². The van der Waals surface area contributed by atoms with Gasteiger partial charge in [0, 0.05) is 41.1 Å². The molecule has 120 valence electrons. The van der Waals surface area contributed by atoms with E-state index >= 15 is 0 Å². The second-order valence-electron chi connectivity index (χ2n) is 3.71. The van der Waals surface area contributed by atoms with E-state index in [0.29, 0.717) is 0 Å². The molecule has 0 spiro atoms. The number of hydrogen-bond donors (Lipinski definition) is 0. The van der Waals surface area contributed by atoms with E-state index in [0.717, 1.165) is 0 Å². The quantitative estimate of drug-likeness (QED) is 0.708. The van der Waals surface area contributed by atoms with Crippen LogP contribution in [0, 0.1) is 5.82 Å². The summed E-state index contributed by atoms with van der Waals surface area (Å²) in [4.78, 5) is 0. The highest BCUT2D eigenvalue weighted by molar-refractivity contribution is 7.89. The molecule has 0 saturated carbocycles. The Bertz CT molecular complexity index is 562. The first-order chi connectivity index (χ1) is 9.94. The van der Waals surface area contributed by atoms with Crippen molar-refractivity contribution in [3.63, 3.8) is 0 Å². The van der Waals surface area contributed by atoms with E-state index < -0.39 is 21.0 Å². The molecule has 0 aliphatic heterocycles. The van der Waals surface area contributed by atoms with Gasteiger partial charge in [-0.15, -0.1) is 0 Å². The zero-order valence-corrected chi connectivity index (χ0v) is 14.3. The van der Waals surface area contributed by atoms with Crippen LogP contribution < -0.4 is 0 Å². The molecule has 0 bridgehead atoms. The molecule has 9 heteroatoms. The van der Waals surface area contributed by atoms with Crippen molar-refractivity contribution >= 4 is 20.2 Å². The van der Waals surface area contributed by atoms with Gasteiger partial charge in [0.05, 0.1) is 0 Å². The smallest absolute Gasteiger partial charge is 0.320 e. The number of halogens is 1. The van der Waals surface area contributed by atoms with E-state index in [-0.39, 0.29) is 10.6 Å². The van der Waals surface area contributed by atoms with Crippen LogP contribution >= 0.6 is 15.2 Å². The van der Waals surface area contributed by atoms with Crippen molar-refractivity contribution in [1.29, 1.82) is 0 Å². The molecule has 0 saturated heterocycles. The third kappa shape index (κ3) is 3.46. The summed E-state index contributed by atoms with van der Waals surface area (Å²) < 4.78 is 52.9. The summed E-state index contributed by atoms with van der Waals surface area (Å²) in [6.07, 6.45) is 0. The molecule has 0 N–H and O–H groups in total. The van der Waals surface area contributed by atoms with Gasteiger partial charge in [-0.3, -0.25) is 4.57 Å². The van der Waals surface area contributed by atoms with Crippen molar-refractivity contribution in [3.8, 4) is 0 Å². The summed E-state index contributed by atoms with van der Waals surface area (Å²) in [6, 6.07) is 5.75. The molecule has 1 aromatic carbocycles. The van der Waals surface area contributed by atoms with Gasteiger partial charge < -0.3 is 22.6 Å². The van der Waals surface area contributed by atoms with E-state index in [1.165, 1.54) is 53.7 Å². The van der Waals surface area contributed by atoms with Gasteiger partial charge in [-0.2, -0.15) is 0 Å². The fourth-order valence-corrected chi connectivity index (χ4v) is 6.66. The maximum atomic E-state index is 14.2. The Morgan fingerprint density at radius 1 is 0.905 bits per heavy atom. The van der Waals surface area contributed by atoms with Gasteiger partial charge in [-0.25, -0.2) is 4.39 Å². The van der Waals surface area contributed by atoms with Gasteiger partial charge in [0.1, 0.15) is 10.9 Å². The second kappa shape index (κ2) is 7.65. The lowest BCUT2D eigenvalue weighted by atomic mass is 10.2. The molecule has 0 amide bonds. The number of hydrogen-bond acceptors (Lipinski definition) is 6. The molecular weight excluding hydrogens is 321 g/mol. The Hall–Kier alpha value is -0.520. The van der Waals surface area contributed by atoms with Crippen LogP contribution in [0.2, 0.25) is 0 Å². The Kier molecular flexibility index (Phi) is 6.75. The molecule has 21 heavy (non-hydrogen) atoms. The van der Waals surface area contributed by atoms with Crippen LogP contribution in [-0.4, -0.2) is 40.6 Å². The average Bonchev–Trinajstić information content (AvgIpc) is 2.53. The van der Waals surface area contributed by atoms with Gasteiger partial charge >= 0.3 is 7.60 Å². The first-order valence-corrected chi connectivity index (χ1v) is 8.94. The van der Waals surface area contributed by atoms with Gasteiger partial charge in [-0.05, 0) is 6.07 Å². The predicted molar refractivity (Wildman–Crippen MR) is 80.1 cm³/mol. The normalized spacial score (nSPS) is 12.5. The maximum Gasteiger partial charge on any atom is 0.368 e. The first kappa shape index (κ1) is 18.5. The van der Waals surface area contributed by atoms with Crippen molar-refractivity contribution in [2.45, 2.75) is 0 Å². The van der Waals surface area contributed by atoms with Gasteiger partial charge in [-0.1, -0.05) is 18.2 Å². The number of benzene rings is 1. The Labute approximate surface area is 123 Å². The van der Waals surface area contributed by atoms with Crippen LogP contribution in [0.5, 0.6) is 0 Å². The molecular formula is C12H19FO6P2. The highest BCUT2D eigenvalue weighted by Gasteiger charge is 2.41. The minimum absolute atomic E-state index is 0.00316. The van der Waals surface area contributed by atoms with E-state index in [2.05, 4.69) is 0 Å². The topological polar surface area (TPSA) is 63.2 Å². The summed E-state index contributed by atoms with van der Waals surface area (Å²) in [5.41, 5.74) is 0.00316. The summed E-state index contributed by atoms with van der Waals surface area (Å²) in [7, 11) is -0.808. The highest BCUT2D eigenvalue weighted by atomic mass is 31.2. The molecule has 0 radical (unpaired) electrons. The van der Waals surface area contributed by atoms with Gasteiger partial charge in [0.15, 0.2) is 0 Å². The lowest BCUT2D eigenvalue weighted by molar-refractivity contribution is 0.232. The molecule has 0 atom stereocenters. The summed E-state index contributed by atoms with van der Waals surface area (Å²) in [5, 5.41) is -0.106. The van der Waals surface area contributed by atoms with E-state index in [9.17, 15) is 8.96 Å². The second-order valence-corrected chi connectivity index (χ2v) is 8.77. The predicted octanol–water partition coefficient (Wildman–Crippen LogP) is 3.49. The summed E-state index contributed by atoms with van der Waals surface area (Å²) >= 11 is 0. The number of rotatable bonds is 7. The van der Waals surface area contributed by atoms with Crippen LogP contribution in [0.3, 0.4) is 0 Å². The third-order valence-electron chi connectivity index (χ3n) is 2.84. The molecule has 0 unspecified atom stereocenters. The van der Waals surface area contributed by atoms with Crippen molar-refractivity contribution in [2.24, 2.45) is 0 Å². The van der Waals surface area contributed by atoms with E-state index in [4.69, 9.17) is 22.6 Å². The van der Waals surface area contributed by atoms with Crippen LogP contribution in [0.4, 0.5) is 4.39 Å². The van der Waals surface area contributed by atoms with Crippen LogP contribution in [0.25, 0.3) is 0 Å². The minimum atomic E-state index is -3.86. The zero-order chi connectivity index (χ0) is 16.1. The lowest BCUT2D eigenvalue weighted by Gasteiger charge is -2.28. The molecule has 0 fully saturated rings. The van der Waals surface area contributed by atoms with Crippen molar-refractivity contribution in [1.82, 2.24) is 0 Å². The molecule has 1 rings (SSSR count). The zero-order valence-electron chi connectivity index (χ0n) is 12.5. The van der Waals surface area contributed by atoms with Crippen molar-refractivity contribution < 1.29 is 31.6 Å². The Morgan fingerprint density at radius 2 is 1.38 bits per heavy atom. The largest absolute Gasteiger partial charge is 0.368 e. The fraction of sp³-hybridized carbons (Fsp3) is 0.417. The van der Waals surface area contributed by atoms with Crippen LogP contribution in [0.15, 0.2) is 24.3 Å². The monoisotopic (exact) mass is 340 g/mol. The average molecular weight is 340 g/mol. The van der Waals surface area contributed by atoms with Crippen LogP contribution in [-0.2, 0) is 27.2 Å². The lowest BCUT2D eigenvalue weighted by Crippen LogP contribution is -2.13. The van der Waals surface area contributed by atoms with Crippen molar-refractivity contribution in [2.75, 3.05) is 35.5 Å². The molecule has 6 nitrogen and oxygen atoms in total. The highest BCUT2D eigenvalue weighted by Crippen LogP contribution is 2.64. The molecule has 1 aromatic rings. The summed E-state index contributed by atoms with van der Waals surface area (Å²) in [6.45, 7) is 0. The standard InChI is InChI=1S/C12H19FO6P2/c1-15-20(14,16-2)12(21(17-3,18-4)19-5)10-8-6-7-9-11(10)13/h6-9H,1-5H3. The van der Waals surface area contributed by atoms with Crippen molar-refractivity contribution in [3.05, 3.63) is 35.6 Å². The molecule has 0 aliphatic carbocycles. The van der Waals surface area contributed by atoms with Crippen LogP contribution in [0.1, 0.15) is 5.56 Å². The fourth-order valence-electron chi connectivity index (χ4n) is 1.82. The third-order valence-corrected chi connectivity index (χ3v) is 8.23.